The Bertz CT molecular complexity index is 4770. The molecule has 0 bridgehead atoms. The summed E-state index contributed by atoms with van der Waals surface area (Å²) >= 11 is 0. The van der Waals surface area contributed by atoms with Gasteiger partial charge < -0.3 is 9.47 Å². The van der Waals surface area contributed by atoms with Crippen LogP contribution >= 0.6 is 0 Å². The van der Waals surface area contributed by atoms with Crippen LogP contribution in [0, 0.1) is 0 Å². The van der Waals surface area contributed by atoms with E-state index in [0.717, 1.165) is 56.1 Å². The molecule has 0 N–H and O–H groups in total. The molecule has 0 atom stereocenters. The second kappa shape index (κ2) is 21.7. The zero-order chi connectivity index (χ0) is 57.7. The second-order valence-electron chi connectivity index (χ2n) is 22.7. The van der Waals surface area contributed by atoms with Crippen LogP contribution in [-0.2, 0) is 5.41 Å². The first kappa shape index (κ1) is 51.3. The molecule has 1 aromatic heterocycles. The van der Waals surface area contributed by atoms with Crippen molar-refractivity contribution >= 4 is 38.9 Å². The largest absolute Gasteiger partial charge is 0.309 e. The van der Waals surface area contributed by atoms with Crippen molar-refractivity contribution < 1.29 is 0 Å². The molecule has 1 heterocycles. The summed E-state index contributed by atoms with van der Waals surface area (Å²) in [5.41, 5.74) is 27.8. The van der Waals surface area contributed by atoms with Crippen molar-refractivity contribution in [3.05, 3.63) is 374 Å². The van der Waals surface area contributed by atoms with E-state index < -0.39 is 5.41 Å². The van der Waals surface area contributed by atoms with Crippen LogP contribution in [0.15, 0.2) is 352 Å². The lowest BCUT2D eigenvalue weighted by Gasteiger charge is -2.35. The first-order chi connectivity index (χ1) is 43.2. The van der Waals surface area contributed by atoms with Crippen LogP contribution in [-0.4, -0.2) is 4.57 Å². The van der Waals surface area contributed by atoms with Crippen molar-refractivity contribution in [3.63, 3.8) is 0 Å². The molecule has 14 aromatic carbocycles. The fraction of sp³-hybridized carbons (Fsp3) is 0.0118. The number of para-hydroxylation sites is 1. The minimum Gasteiger partial charge on any atom is -0.309 e. The van der Waals surface area contributed by atoms with E-state index in [1.165, 1.54) is 88.6 Å². The lowest BCUT2D eigenvalue weighted by atomic mass is 9.67. The highest BCUT2D eigenvalue weighted by Gasteiger charge is 2.46. The van der Waals surface area contributed by atoms with Crippen LogP contribution in [0.25, 0.3) is 105 Å². The summed E-state index contributed by atoms with van der Waals surface area (Å²) < 4.78 is 2.42. The summed E-state index contributed by atoms with van der Waals surface area (Å²) in [6, 6.07) is 129. The smallest absolute Gasteiger partial charge is 0.0714 e. The molecule has 15 aromatic rings. The van der Waals surface area contributed by atoms with E-state index in [1.807, 2.05) is 0 Å². The van der Waals surface area contributed by atoms with Crippen LogP contribution < -0.4 is 4.90 Å². The van der Waals surface area contributed by atoms with E-state index in [2.05, 4.69) is 361 Å². The van der Waals surface area contributed by atoms with Gasteiger partial charge in [-0.3, -0.25) is 0 Å². The normalized spacial score (nSPS) is 12.2. The minimum absolute atomic E-state index is 0.566. The molecule has 0 spiro atoms. The van der Waals surface area contributed by atoms with Gasteiger partial charge in [-0.1, -0.05) is 291 Å². The molecule has 0 saturated carbocycles. The van der Waals surface area contributed by atoms with Gasteiger partial charge in [-0.15, -0.1) is 0 Å². The number of hydrogen-bond donors (Lipinski definition) is 0. The van der Waals surface area contributed by atoms with Crippen molar-refractivity contribution in [1.82, 2.24) is 4.57 Å². The molecule has 0 aliphatic heterocycles. The number of rotatable bonds is 12. The van der Waals surface area contributed by atoms with Gasteiger partial charge >= 0.3 is 0 Å². The van der Waals surface area contributed by atoms with Crippen LogP contribution in [0.4, 0.5) is 17.1 Å². The third-order valence-electron chi connectivity index (χ3n) is 17.9. The first-order valence-electron chi connectivity index (χ1n) is 30.1. The highest BCUT2D eigenvalue weighted by atomic mass is 15.1. The Kier molecular flexibility index (Phi) is 12.8. The van der Waals surface area contributed by atoms with Crippen molar-refractivity contribution in [1.29, 1.82) is 0 Å². The Labute approximate surface area is 508 Å². The summed E-state index contributed by atoms with van der Waals surface area (Å²) in [5, 5.41) is 2.48. The molecule has 87 heavy (non-hydrogen) atoms. The first-order valence-corrected chi connectivity index (χ1v) is 30.1. The van der Waals surface area contributed by atoms with Gasteiger partial charge in [-0.2, -0.15) is 0 Å². The maximum absolute atomic E-state index is 2.51. The van der Waals surface area contributed by atoms with E-state index in [0.29, 0.717) is 0 Å². The van der Waals surface area contributed by atoms with Gasteiger partial charge in [0, 0.05) is 39.0 Å². The highest BCUT2D eigenvalue weighted by molar-refractivity contribution is 6.12. The zero-order valence-corrected chi connectivity index (χ0v) is 47.9. The van der Waals surface area contributed by atoms with E-state index in [4.69, 9.17) is 0 Å². The molecular weight excluding hydrogens is 1050 g/mol. The van der Waals surface area contributed by atoms with Crippen LogP contribution in [0.1, 0.15) is 22.3 Å². The molecule has 1 aliphatic carbocycles. The van der Waals surface area contributed by atoms with Gasteiger partial charge in [-0.05, 0) is 150 Å². The van der Waals surface area contributed by atoms with Gasteiger partial charge in [0.1, 0.15) is 0 Å². The maximum Gasteiger partial charge on any atom is 0.0714 e. The maximum atomic E-state index is 2.51. The number of hydrogen-bond acceptors (Lipinski definition) is 1. The van der Waals surface area contributed by atoms with Crippen LogP contribution in [0.3, 0.4) is 0 Å². The molecule has 2 heteroatoms. The standard InChI is InChI=1S/C85H58N2/c1-7-22-59(23-8-1)67-46-54-82-78(56-67)79-57-68(60-24-9-2-10-25-60)47-55-83(79)87(82)72-50-44-64(45-51-72)62-40-38-61(39-41-62)63-42-48-71(49-43-63)86(84-74(65-26-11-3-12-27-65)35-21-36-75(84)66-28-13-4-14-29-66)73-52-53-77-76-34-19-20-37-80(76)85(81(77)58-73,69-30-15-5-16-31-69)70-32-17-6-18-33-70/h1-58H. The van der Waals surface area contributed by atoms with E-state index >= 15 is 0 Å². The predicted molar refractivity (Wildman–Crippen MR) is 365 cm³/mol. The molecular formula is C85H58N2. The average molecular weight is 1110 g/mol. The lowest BCUT2D eigenvalue weighted by molar-refractivity contribution is 0.768. The summed E-state index contributed by atoms with van der Waals surface area (Å²) in [7, 11) is 0. The van der Waals surface area contributed by atoms with Gasteiger partial charge in [-0.25, -0.2) is 0 Å². The van der Waals surface area contributed by atoms with E-state index in [-0.39, 0.29) is 0 Å². The Morgan fingerprint density at radius 1 is 0.230 bits per heavy atom. The van der Waals surface area contributed by atoms with Gasteiger partial charge in [0.15, 0.2) is 0 Å². The Balaban J connectivity index is 0.785. The fourth-order valence-electron chi connectivity index (χ4n) is 13.8. The molecule has 0 unspecified atom stereocenters. The van der Waals surface area contributed by atoms with Crippen LogP contribution in [0.2, 0.25) is 0 Å². The fourth-order valence-corrected chi connectivity index (χ4v) is 13.8. The SMILES string of the molecule is c1ccc(-c2ccc3c(c2)c2cc(-c4ccccc4)ccc2n3-c2ccc(-c3ccc(-c4ccc(N(c5ccc6c(c5)C(c5ccccc5)(c5ccccc5)c5ccccc5-6)c5c(-c6ccccc6)cccc5-c5ccccc5)cc4)cc3)cc2)cc1. The molecule has 0 fully saturated rings. The molecule has 0 amide bonds. The van der Waals surface area contributed by atoms with Gasteiger partial charge in [0.05, 0.1) is 22.1 Å². The van der Waals surface area contributed by atoms with Gasteiger partial charge in [0.25, 0.3) is 0 Å². The van der Waals surface area contributed by atoms with E-state index in [1.54, 1.807) is 0 Å². The quantitative estimate of drug-likeness (QED) is 0.118. The molecule has 16 rings (SSSR count). The molecule has 0 saturated heterocycles. The molecule has 1 aliphatic rings. The number of aromatic nitrogens is 1. The van der Waals surface area contributed by atoms with E-state index in [9.17, 15) is 0 Å². The number of benzene rings is 14. The summed E-state index contributed by atoms with van der Waals surface area (Å²) in [4.78, 5) is 2.51. The van der Waals surface area contributed by atoms with Crippen molar-refractivity contribution in [2.75, 3.05) is 4.90 Å². The summed E-state index contributed by atoms with van der Waals surface area (Å²) in [5.74, 6) is 0. The Hall–Kier alpha value is -11.3. The third kappa shape index (κ3) is 8.89. The number of anilines is 3. The van der Waals surface area contributed by atoms with Crippen molar-refractivity contribution in [2.45, 2.75) is 5.41 Å². The Morgan fingerprint density at radius 3 is 1.07 bits per heavy atom. The topological polar surface area (TPSA) is 8.17 Å². The Morgan fingerprint density at radius 2 is 0.586 bits per heavy atom. The summed E-state index contributed by atoms with van der Waals surface area (Å²) in [6.07, 6.45) is 0. The summed E-state index contributed by atoms with van der Waals surface area (Å²) in [6.45, 7) is 0. The molecule has 408 valence electrons. The highest BCUT2D eigenvalue weighted by Crippen LogP contribution is 2.58. The third-order valence-corrected chi connectivity index (χ3v) is 17.9. The second-order valence-corrected chi connectivity index (χ2v) is 22.7. The number of nitrogens with zero attached hydrogens (tertiary/aromatic N) is 2. The minimum atomic E-state index is -0.566. The average Bonchev–Trinajstić information content (AvgIpc) is 1.61. The van der Waals surface area contributed by atoms with Crippen molar-refractivity contribution in [3.8, 4) is 83.6 Å². The predicted octanol–water partition coefficient (Wildman–Crippen LogP) is 22.6. The molecule has 2 nitrogen and oxygen atoms in total. The lowest BCUT2D eigenvalue weighted by Crippen LogP contribution is -2.28. The zero-order valence-electron chi connectivity index (χ0n) is 47.9. The van der Waals surface area contributed by atoms with Gasteiger partial charge in [0.2, 0.25) is 0 Å². The number of fused-ring (bicyclic) bond motifs is 6. The van der Waals surface area contributed by atoms with Crippen molar-refractivity contribution in [2.24, 2.45) is 0 Å². The van der Waals surface area contributed by atoms with Crippen LogP contribution in [0.5, 0.6) is 0 Å². The monoisotopic (exact) mass is 1110 g/mol. The molecule has 0 radical (unpaired) electrons.